The summed E-state index contributed by atoms with van der Waals surface area (Å²) in [5.41, 5.74) is 5.31. The van der Waals surface area contributed by atoms with E-state index in [0.717, 1.165) is 25.0 Å². The molecule has 0 aliphatic heterocycles. The molecule has 0 radical (unpaired) electrons. The number of hydrogen-bond donors (Lipinski definition) is 4. The molecule has 17 heavy (non-hydrogen) atoms. The van der Waals surface area contributed by atoms with Crippen LogP contribution >= 0.6 is 11.8 Å². The minimum Gasteiger partial charge on any atom is -0.409 e. The first kappa shape index (κ1) is 16.5. The molecule has 0 saturated heterocycles. The Kier molecular flexibility index (Phi) is 8.37. The molecular weight excluding hydrogens is 240 g/mol. The summed E-state index contributed by atoms with van der Waals surface area (Å²) in [6.07, 6.45) is 2.26. The van der Waals surface area contributed by atoms with Gasteiger partial charge in [-0.25, -0.2) is 0 Å². The van der Waals surface area contributed by atoms with Crippen molar-refractivity contribution in [2.24, 2.45) is 16.3 Å². The minimum atomic E-state index is -0.617. The van der Waals surface area contributed by atoms with Crippen molar-refractivity contribution in [3.63, 3.8) is 0 Å². The third-order valence-electron chi connectivity index (χ3n) is 2.66. The number of aliphatic hydroxyl groups is 2. The van der Waals surface area contributed by atoms with Crippen molar-refractivity contribution in [3.05, 3.63) is 0 Å². The monoisotopic (exact) mass is 264 g/mol. The third-order valence-corrected chi connectivity index (χ3v) is 3.86. The van der Waals surface area contributed by atoms with E-state index in [1.807, 2.05) is 13.8 Å². The number of aliphatic hydroxyl groups excluding tert-OH is 2. The molecule has 5 nitrogen and oxygen atoms in total. The van der Waals surface area contributed by atoms with Gasteiger partial charge in [-0.15, -0.1) is 0 Å². The highest BCUT2D eigenvalue weighted by atomic mass is 32.2. The van der Waals surface area contributed by atoms with E-state index < -0.39 is 6.10 Å². The topological polar surface area (TPSA) is 99.1 Å². The van der Waals surface area contributed by atoms with E-state index in [0.29, 0.717) is 5.75 Å². The molecule has 0 aliphatic rings. The summed E-state index contributed by atoms with van der Waals surface area (Å²) < 4.78 is 0. The molecule has 0 heterocycles. The lowest BCUT2D eigenvalue weighted by Gasteiger charge is -2.22. The average Bonchev–Trinajstić information content (AvgIpc) is 2.31. The summed E-state index contributed by atoms with van der Waals surface area (Å²) in [5.74, 6) is 1.78. The van der Waals surface area contributed by atoms with Crippen molar-refractivity contribution < 1.29 is 15.4 Å². The second-order valence-corrected chi connectivity index (χ2v) is 5.89. The first-order chi connectivity index (χ1) is 7.94. The third kappa shape index (κ3) is 7.46. The molecule has 0 fully saturated rings. The molecule has 5 N–H and O–H groups in total. The van der Waals surface area contributed by atoms with Crippen LogP contribution in [-0.4, -0.2) is 45.5 Å². The van der Waals surface area contributed by atoms with E-state index in [4.69, 9.17) is 21.2 Å². The first-order valence-electron chi connectivity index (χ1n) is 5.78. The van der Waals surface area contributed by atoms with E-state index in [1.54, 1.807) is 11.8 Å². The van der Waals surface area contributed by atoms with Crippen molar-refractivity contribution in [2.75, 3.05) is 18.1 Å². The van der Waals surface area contributed by atoms with Gasteiger partial charge in [0.2, 0.25) is 0 Å². The van der Waals surface area contributed by atoms with E-state index in [2.05, 4.69) is 5.16 Å². The summed E-state index contributed by atoms with van der Waals surface area (Å²) in [5, 5.41) is 29.4. The number of nitrogens with zero attached hydrogens (tertiary/aromatic N) is 1. The highest BCUT2D eigenvalue weighted by Gasteiger charge is 2.22. The molecule has 6 heteroatoms. The van der Waals surface area contributed by atoms with E-state index in [1.165, 1.54) is 0 Å². The van der Waals surface area contributed by atoms with Crippen LogP contribution in [0.4, 0.5) is 0 Å². The Labute approximate surface area is 107 Å². The van der Waals surface area contributed by atoms with Crippen molar-refractivity contribution in [3.8, 4) is 0 Å². The molecule has 1 unspecified atom stereocenters. The zero-order valence-electron chi connectivity index (χ0n) is 10.6. The molecule has 0 bridgehead atoms. The molecule has 0 aromatic heterocycles. The summed E-state index contributed by atoms with van der Waals surface area (Å²) >= 11 is 1.63. The highest BCUT2D eigenvalue weighted by molar-refractivity contribution is 7.99. The fraction of sp³-hybridized carbons (Fsp3) is 0.909. The van der Waals surface area contributed by atoms with Gasteiger partial charge in [-0.2, -0.15) is 11.8 Å². The predicted molar refractivity (Wildman–Crippen MR) is 71.5 cm³/mol. The van der Waals surface area contributed by atoms with Gasteiger partial charge in [0, 0.05) is 11.2 Å². The van der Waals surface area contributed by atoms with Crippen LogP contribution < -0.4 is 5.73 Å². The Hall–Kier alpha value is -0.460. The van der Waals surface area contributed by atoms with Crippen LogP contribution in [0.3, 0.4) is 0 Å². The Morgan fingerprint density at radius 1 is 1.41 bits per heavy atom. The summed E-state index contributed by atoms with van der Waals surface area (Å²) in [4.78, 5) is 0. The maximum atomic E-state index is 9.12. The van der Waals surface area contributed by atoms with Crippen molar-refractivity contribution in [1.29, 1.82) is 0 Å². The van der Waals surface area contributed by atoms with Crippen LogP contribution in [0.15, 0.2) is 5.16 Å². The zero-order chi connectivity index (χ0) is 13.3. The van der Waals surface area contributed by atoms with Crippen LogP contribution in [0.25, 0.3) is 0 Å². The second-order valence-electron chi connectivity index (χ2n) is 4.74. The lowest BCUT2D eigenvalue weighted by Crippen LogP contribution is -2.31. The average molecular weight is 264 g/mol. The van der Waals surface area contributed by atoms with Gasteiger partial charge < -0.3 is 21.2 Å². The van der Waals surface area contributed by atoms with Gasteiger partial charge in [0.15, 0.2) is 0 Å². The maximum Gasteiger partial charge on any atom is 0.144 e. The number of rotatable bonds is 9. The number of thioether (sulfide) groups is 1. The lowest BCUT2D eigenvalue weighted by atomic mass is 9.86. The lowest BCUT2D eigenvalue weighted by molar-refractivity contribution is 0.113. The standard InChI is InChI=1S/C11H24N2O3S/c1-11(2,10(12)13-16)5-3-4-6-17-8-9(15)7-14/h9,14-16H,3-8H2,1-2H3,(H2,12,13). The van der Waals surface area contributed by atoms with E-state index >= 15 is 0 Å². The van der Waals surface area contributed by atoms with Crippen molar-refractivity contribution in [1.82, 2.24) is 0 Å². The van der Waals surface area contributed by atoms with Gasteiger partial charge in [0.25, 0.3) is 0 Å². The molecule has 0 aromatic rings. The first-order valence-corrected chi connectivity index (χ1v) is 6.94. The Balaban J connectivity index is 3.58. The number of hydrogen-bond acceptors (Lipinski definition) is 5. The molecule has 0 spiro atoms. The largest absolute Gasteiger partial charge is 0.409 e. The van der Waals surface area contributed by atoms with Gasteiger partial charge in [0.05, 0.1) is 12.7 Å². The van der Waals surface area contributed by atoms with Gasteiger partial charge in [-0.3, -0.25) is 0 Å². The Morgan fingerprint density at radius 3 is 2.59 bits per heavy atom. The van der Waals surface area contributed by atoms with E-state index in [9.17, 15) is 0 Å². The Morgan fingerprint density at radius 2 is 2.06 bits per heavy atom. The second kappa shape index (κ2) is 8.60. The molecule has 1 atom stereocenters. The molecule has 0 saturated carbocycles. The molecule has 0 aliphatic carbocycles. The molecule has 0 aromatic carbocycles. The predicted octanol–water partition coefficient (Wildman–Crippen LogP) is 1.02. The van der Waals surface area contributed by atoms with Gasteiger partial charge in [0.1, 0.15) is 5.84 Å². The molecule has 0 rings (SSSR count). The number of oxime groups is 1. The summed E-state index contributed by atoms with van der Waals surface area (Å²) in [7, 11) is 0. The molecule has 0 amide bonds. The smallest absolute Gasteiger partial charge is 0.144 e. The minimum absolute atomic E-state index is 0.177. The zero-order valence-corrected chi connectivity index (χ0v) is 11.4. The van der Waals surface area contributed by atoms with Crippen LogP contribution in [0.2, 0.25) is 0 Å². The number of amidine groups is 1. The summed E-state index contributed by atoms with van der Waals surface area (Å²) in [6.45, 7) is 3.72. The van der Waals surface area contributed by atoms with Crippen LogP contribution in [0.1, 0.15) is 33.1 Å². The SMILES string of the molecule is CC(C)(CCCCSCC(O)CO)C(N)=NO. The Bertz CT molecular complexity index is 235. The normalized spacial score (nSPS) is 14.9. The highest BCUT2D eigenvalue weighted by Crippen LogP contribution is 2.23. The molecule has 102 valence electrons. The van der Waals surface area contributed by atoms with Gasteiger partial charge >= 0.3 is 0 Å². The number of unbranched alkanes of at least 4 members (excludes halogenated alkanes) is 1. The van der Waals surface area contributed by atoms with Gasteiger partial charge in [-0.05, 0) is 18.6 Å². The number of nitrogens with two attached hydrogens (primary N) is 1. The van der Waals surface area contributed by atoms with Crippen molar-refractivity contribution in [2.45, 2.75) is 39.2 Å². The quantitative estimate of drug-likeness (QED) is 0.164. The fourth-order valence-electron chi connectivity index (χ4n) is 1.31. The maximum absolute atomic E-state index is 9.12. The fourth-order valence-corrected chi connectivity index (χ4v) is 2.26. The van der Waals surface area contributed by atoms with Crippen LogP contribution in [-0.2, 0) is 0 Å². The van der Waals surface area contributed by atoms with E-state index in [-0.39, 0.29) is 17.9 Å². The summed E-state index contributed by atoms with van der Waals surface area (Å²) in [6, 6.07) is 0. The van der Waals surface area contributed by atoms with Crippen molar-refractivity contribution >= 4 is 17.6 Å². The van der Waals surface area contributed by atoms with Crippen LogP contribution in [0.5, 0.6) is 0 Å². The van der Waals surface area contributed by atoms with Crippen LogP contribution in [0, 0.1) is 5.41 Å². The molecular formula is C11H24N2O3S. The van der Waals surface area contributed by atoms with Gasteiger partial charge in [-0.1, -0.05) is 25.4 Å².